The van der Waals surface area contributed by atoms with Crippen LogP contribution in [0, 0.1) is 17.3 Å². The molecule has 1 fully saturated rings. The lowest BCUT2D eigenvalue weighted by atomic mass is 9.78. The average molecular weight is 238 g/mol. The first-order valence-electron chi connectivity index (χ1n) is 8.05. The molecule has 2 atom stereocenters. The molecule has 0 N–H and O–H groups in total. The van der Waals surface area contributed by atoms with Crippen molar-refractivity contribution in [3.8, 4) is 0 Å². The van der Waals surface area contributed by atoms with Crippen molar-refractivity contribution in [1.29, 1.82) is 0 Å². The van der Waals surface area contributed by atoms with Crippen LogP contribution in [0.5, 0.6) is 0 Å². The van der Waals surface area contributed by atoms with Crippen molar-refractivity contribution in [3.05, 3.63) is 0 Å². The lowest BCUT2D eigenvalue weighted by Gasteiger charge is -2.28. The second-order valence-corrected chi connectivity index (χ2v) is 7.15. The van der Waals surface area contributed by atoms with Crippen molar-refractivity contribution in [2.45, 2.75) is 91.9 Å². The van der Waals surface area contributed by atoms with Crippen molar-refractivity contribution in [1.82, 2.24) is 0 Å². The topological polar surface area (TPSA) is 0 Å². The van der Waals surface area contributed by atoms with Crippen LogP contribution in [0.2, 0.25) is 0 Å². The minimum Gasteiger partial charge on any atom is -0.0651 e. The maximum absolute atomic E-state index is 2.49. The van der Waals surface area contributed by atoms with Gasteiger partial charge in [0.05, 0.1) is 0 Å². The van der Waals surface area contributed by atoms with Crippen LogP contribution in [0.1, 0.15) is 91.9 Å². The number of hydrogen-bond donors (Lipinski definition) is 0. The van der Waals surface area contributed by atoms with Crippen LogP contribution >= 0.6 is 0 Å². The van der Waals surface area contributed by atoms with E-state index in [1.807, 2.05) is 0 Å². The highest BCUT2D eigenvalue weighted by Crippen LogP contribution is 2.33. The van der Waals surface area contributed by atoms with Gasteiger partial charge in [-0.25, -0.2) is 0 Å². The lowest BCUT2D eigenvalue weighted by Crippen LogP contribution is -2.14. The maximum Gasteiger partial charge on any atom is -0.0354 e. The summed E-state index contributed by atoms with van der Waals surface area (Å²) in [7, 11) is 0. The van der Waals surface area contributed by atoms with Gasteiger partial charge in [0.25, 0.3) is 0 Å². The van der Waals surface area contributed by atoms with Gasteiger partial charge in [-0.2, -0.15) is 0 Å². The molecule has 0 heterocycles. The van der Waals surface area contributed by atoms with Crippen molar-refractivity contribution in [2.75, 3.05) is 0 Å². The third-order valence-corrected chi connectivity index (χ3v) is 5.02. The Morgan fingerprint density at radius 2 is 1.47 bits per heavy atom. The minimum atomic E-state index is 0.604. The molecule has 0 saturated heterocycles. The molecule has 0 amide bonds. The highest BCUT2D eigenvalue weighted by Gasteiger charge is 2.20. The summed E-state index contributed by atoms with van der Waals surface area (Å²) in [6.07, 6.45) is 14.5. The summed E-state index contributed by atoms with van der Waals surface area (Å²) in [5, 5.41) is 0. The Morgan fingerprint density at radius 3 is 2.12 bits per heavy atom. The van der Waals surface area contributed by atoms with Crippen LogP contribution in [0.3, 0.4) is 0 Å². The Kier molecular flexibility index (Phi) is 6.59. The fraction of sp³-hybridized carbons (Fsp3) is 1.00. The molecule has 0 aromatic heterocycles. The Bertz CT molecular complexity index is 192. The van der Waals surface area contributed by atoms with E-state index in [1.165, 1.54) is 64.2 Å². The van der Waals surface area contributed by atoms with E-state index in [0.717, 1.165) is 11.8 Å². The van der Waals surface area contributed by atoms with E-state index in [9.17, 15) is 0 Å². The normalized spacial score (nSPS) is 32.5. The molecule has 0 aliphatic heterocycles. The third kappa shape index (κ3) is 5.93. The molecule has 0 radical (unpaired) electrons. The molecule has 17 heavy (non-hydrogen) atoms. The van der Waals surface area contributed by atoms with Gasteiger partial charge in [0.15, 0.2) is 0 Å². The molecular weight excluding hydrogens is 204 g/mol. The fourth-order valence-corrected chi connectivity index (χ4v) is 3.51. The number of hydrogen-bond acceptors (Lipinski definition) is 0. The summed E-state index contributed by atoms with van der Waals surface area (Å²) in [4.78, 5) is 0. The summed E-state index contributed by atoms with van der Waals surface area (Å²) in [6, 6.07) is 0. The van der Waals surface area contributed by atoms with Crippen molar-refractivity contribution in [2.24, 2.45) is 17.3 Å². The second kappa shape index (κ2) is 7.44. The summed E-state index contributed by atoms with van der Waals surface area (Å²) < 4.78 is 0. The van der Waals surface area contributed by atoms with Gasteiger partial charge in [-0.05, 0) is 30.1 Å². The van der Waals surface area contributed by atoms with Crippen molar-refractivity contribution < 1.29 is 0 Å². The van der Waals surface area contributed by atoms with Gasteiger partial charge < -0.3 is 0 Å². The first-order chi connectivity index (χ1) is 8.05. The van der Waals surface area contributed by atoms with Crippen LogP contribution in [0.25, 0.3) is 0 Å². The second-order valence-electron chi connectivity index (χ2n) is 7.15. The molecule has 0 nitrogen and oxygen atoms in total. The van der Waals surface area contributed by atoms with Crippen LogP contribution in [0.15, 0.2) is 0 Å². The van der Waals surface area contributed by atoms with Gasteiger partial charge in [0.1, 0.15) is 0 Å². The van der Waals surface area contributed by atoms with Crippen molar-refractivity contribution in [3.63, 3.8) is 0 Å². The van der Waals surface area contributed by atoms with Gasteiger partial charge in [-0.1, -0.05) is 79.1 Å². The predicted octanol–water partition coefficient (Wildman–Crippen LogP) is 6.20. The summed E-state index contributed by atoms with van der Waals surface area (Å²) in [6.45, 7) is 9.82. The quantitative estimate of drug-likeness (QED) is 0.510. The SMILES string of the molecule is CCC1CCCCC(C)(C)CCCCCC1C. The minimum absolute atomic E-state index is 0.604. The fourth-order valence-electron chi connectivity index (χ4n) is 3.51. The summed E-state index contributed by atoms with van der Waals surface area (Å²) in [5.41, 5.74) is 0.604. The summed E-state index contributed by atoms with van der Waals surface area (Å²) in [5.74, 6) is 1.96. The summed E-state index contributed by atoms with van der Waals surface area (Å²) >= 11 is 0. The van der Waals surface area contributed by atoms with Crippen LogP contribution in [0.4, 0.5) is 0 Å². The Labute approximate surface area is 110 Å². The van der Waals surface area contributed by atoms with Gasteiger partial charge in [-0.3, -0.25) is 0 Å². The maximum atomic E-state index is 2.49. The molecule has 1 aliphatic rings. The zero-order valence-electron chi connectivity index (χ0n) is 12.7. The molecule has 0 heteroatoms. The Balaban J connectivity index is 2.45. The van der Waals surface area contributed by atoms with E-state index in [4.69, 9.17) is 0 Å². The van der Waals surface area contributed by atoms with Gasteiger partial charge in [0, 0.05) is 0 Å². The molecule has 0 spiro atoms. The smallest absolute Gasteiger partial charge is 0.0354 e. The largest absolute Gasteiger partial charge is 0.0651 e. The Morgan fingerprint density at radius 1 is 0.882 bits per heavy atom. The molecular formula is C17H34. The molecule has 0 aromatic carbocycles. The Hall–Kier alpha value is 0. The van der Waals surface area contributed by atoms with Crippen LogP contribution < -0.4 is 0 Å². The molecule has 2 unspecified atom stereocenters. The lowest BCUT2D eigenvalue weighted by molar-refractivity contribution is 0.246. The molecule has 0 aromatic rings. The highest BCUT2D eigenvalue weighted by atomic mass is 14.3. The molecule has 1 aliphatic carbocycles. The van der Waals surface area contributed by atoms with Gasteiger partial charge in [-0.15, -0.1) is 0 Å². The zero-order valence-corrected chi connectivity index (χ0v) is 12.7. The first kappa shape index (κ1) is 15.1. The van der Waals surface area contributed by atoms with Crippen LogP contribution in [-0.2, 0) is 0 Å². The average Bonchev–Trinajstić information content (AvgIpc) is 2.27. The van der Waals surface area contributed by atoms with Gasteiger partial charge >= 0.3 is 0 Å². The van der Waals surface area contributed by atoms with Crippen molar-refractivity contribution >= 4 is 0 Å². The van der Waals surface area contributed by atoms with Gasteiger partial charge in [0.2, 0.25) is 0 Å². The predicted molar refractivity (Wildman–Crippen MR) is 78.3 cm³/mol. The van der Waals surface area contributed by atoms with Crippen LogP contribution in [-0.4, -0.2) is 0 Å². The van der Waals surface area contributed by atoms with E-state index in [-0.39, 0.29) is 0 Å². The van der Waals surface area contributed by atoms with E-state index in [0.29, 0.717) is 5.41 Å². The van der Waals surface area contributed by atoms with E-state index >= 15 is 0 Å². The zero-order chi connectivity index (χ0) is 12.7. The molecule has 0 bridgehead atoms. The van der Waals surface area contributed by atoms with E-state index in [2.05, 4.69) is 27.7 Å². The highest BCUT2D eigenvalue weighted by molar-refractivity contribution is 4.72. The van der Waals surface area contributed by atoms with E-state index < -0.39 is 0 Å². The molecule has 102 valence electrons. The van der Waals surface area contributed by atoms with E-state index in [1.54, 1.807) is 0 Å². The number of rotatable bonds is 1. The molecule has 1 rings (SSSR count). The third-order valence-electron chi connectivity index (χ3n) is 5.02. The first-order valence-corrected chi connectivity index (χ1v) is 8.05. The molecule has 1 saturated carbocycles. The standard InChI is InChI=1S/C17H34/c1-5-16-12-8-10-14-17(3,4)13-9-6-7-11-15(16)2/h15-16H,5-14H2,1-4H3. The monoisotopic (exact) mass is 238 g/mol.